The zero-order valence-electron chi connectivity index (χ0n) is 11.7. The Balaban J connectivity index is 1.94. The molecule has 106 valence electrons. The van der Waals surface area contributed by atoms with E-state index in [1.807, 2.05) is 16.7 Å². The van der Waals surface area contributed by atoms with Crippen LogP contribution in [-0.4, -0.2) is 41.0 Å². The third-order valence-electron chi connectivity index (χ3n) is 3.13. The van der Waals surface area contributed by atoms with Gasteiger partial charge in [0.15, 0.2) is 6.61 Å². The topological polar surface area (TPSA) is 53.3 Å². The van der Waals surface area contributed by atoms with E-state index in [0.717, 1.165) is 13.1 Å². The van der Waals surface area contributed by atoms with Crippen LogP contribution in [0.15, 0.2) is 24.3 Å². The molecule has 1 amide bonds. The zero-order valence-corrected chi connectivity index (χ0v) is 12.5. The van der Waals surface area contributed by atoms with Gasteiger partial charge in [0.25, 0.3) is 5.91 Å². The Bertz CT molecular complexity index is 517. The summed E-state index contributed by atoms with van der Waals surface area (Å²) in [4.78, 5) is 14.0. The Kier molecular flexibility index (Phi) is 4.91. The molecule has 1 aromatic rings. The second-order valence-electron chi connectivity index (χ2n) is 4.95. The molecule has 1 aliphatic rings. The van der Waals surface area contributed by atoms with Gasteiger partial charge in [-0.15, -0.1) is 0 Å². The number of ether oxygens (including phenoxy) is 1. The summed E-state index contributed by atoms with van der Waals surface area (Å²) in [6, 6.07) is 9.02. The van der Waals surface area contributed by atoms with Crippen molar-refractivity contribution in [1.82, 2.24) is 4.90 Å². The van der Waals surface area contributed by atoms with Crippen LogP contribution in [0.5, 0.6) is 5.75 Å². The maximum Gasteiger partial charge on any atom is 0.260 e. The largest absolute Gasteiger partial charge is 0.482 e. The van der Waals surface area contributed by atoms with Crippen LogP contribution in [0.25, 0.3) is 0 Å². The van der Waals surface area contributed by atoms with E-state index < -0.39 is 0 Å². The number of benzene rings is 1. The van der Waals surface area contributed by atoms with Gasteiger partial charge in [-0.2, -0.15) is 17.0 Å². The van der Waals surface area contributed by atoms with Crippen molar-refractivity contribution < 1.29 is 9.53 Å². The SMILES string of the molecule is CC1CN(C(=O)COc2ccccc2C#N)CC(C)S1. The predicted octanol–water partition coefficient (Wildman–Crippen LogP) is 2.29. The van der Waals surface area contributed by atoms with Gasteiger partial charge in [-0.3, -0.25) is 4.79 Å². The number of hydrogen-bond acceptors (Lipinski definition) is 4. The van der Waals surface area contributed by atoms with Crippen LogP contribution in [0.1, 0.15) is 19.4 Å². The van der Waals surface area contributed by atoms with Crippen LogP contribution in [0.2, 0.25) is 0 Å². The van der Waals surface area contributed by atoms with Gasteiger partial charge in [0.05, 0.1) is 5.56 Å². The second-order valence-corrected chi connectivity index (χ2v) is 6.83. The first-order valence-electron chi connectivity index (χ1n) is 6.65. The van der Waals surface area contributed by atoms with Gasteiger partial charge in [-0.05, 0) is 12.1 Å². The molecule has 1 aromatic carbocycles. The number of amides is 1. The van der Waals surface area contributed by atoms with Crippen LogP contribution in [0.4, 0.5) is 0 Å². The molecule has 0 N–H and O–H groups in total. The lowest BCUT2D eigenvalue weighted by Crippen LogP contribution is -2.45. The van der Waals surface area contributed by atoms with Crippen molar-refractivity contribution in [2.24, 2.45) is 0 Å². The maximum atomic E-state index is 12.2. The van der Waals surface area contributed by atoms with Crippen molar-refractivity contribution in [3.05, 3.63) is 29.8 Å². The fraction of sp³-hybridized carbons (Fsp3) is 0.467. The van der Waals surface area contributed by atoms with Crippen molar-refractivity contribution in [2.45, 2.75) is 24.3 Å². The molecule has 0 spiro atoms. The molecule has 2 rings (SSSR count). The Hall–Kier alpha value is -1.67. The average Bonchev–Trinajstić information content (AvgIpc) is 2.44. The molecule has 0 bridgehead atoms. The third kappa shape index (κ3) is 3.67. The molecule has 0 aromatic heterocycles. The third-order valence-corrected chi connectivity index (χ3v) is 4.36. The molecule has 1 aliphatic heterocycles. The highest BCUT2D eigenvalue weighted by Gasteiger charge is 2.26. The molecule has 4 nitrogen and oxygen atoms in total. The summed E-state index contributed by atoms with van der Waals surface area (Å²) in [5.74, 6) is 0.451. The van der Waals surface area contributed by atoms with Crippen LogP contribution >= 0.6 is 11.8 Å². The van der Waals surface area contributed by atoms with Crippen LogP contribution in [0, 0.1) is 11.3 Å². The maximum absolute atomic E-state index is 12.2. The van der Waals surface area contributed by atoms with E-state index in [0.29, 0.717) is 21.8 Å². The van der Waals surface area contributed by atoms with Crippen molar-refractivity contribution in [3.63, 3.8) is 0 Å². The summed E-state index contributed by atoms with van der Waals surface area (Å²) in [5, 5.41) is 9.88. The van der Waals surface area contributed by atoms with E-state index in [1.54, 1.807) is 24.3 Å². The number of carbonyl (C=O) groups excluding carboxylic acids is 1. The summed E-state index contributed by atoms with van der Waals surface area (Å²) >= 11 is 1.91. The summed E-state index contributed by atoms with van der Waals surface area (Å²) in [5.41, 5.74) is 0.455. The van der Waals surface area contributed by atoms with Crippen molar-refractivity contribution in [3.8, 4) is 11.8 Å². The zero-order chi connectivity index (χ0) is 14.5. The van der Waals surface area contributed by atoms with Gasteiger partial charge < -0.3 is 9.64 Å². The number of hydrogen-bond donors (Lipinski definition) is 0. The molecule has 1 saturated heterocycles. The Morgan fingerprint density at radius 3 is 2.70 bits per heavy atom. The van der Waals surface area contributed by atoms with Gasteiger partial charge in [-0.25, -0.2) is 0 Å². The normalized spacial score (nSPS) is 22.1. The quantitative estimate of drug-likeness (QED) is 0.857. The molecule has 1 heterocycles. The van der Waals surface area contributed by atoms with Crippen molar-refractivity contribution in [1.29, 1.82) is 5.26 Å². The lowest BCUT2D eigenvalue weighted by atomic mass is 10.2. The number of para-hydroxylation sites is 1. The molecule has 5 heteroatoms. The van der Waals surface area contributed by atoms with Gasteiger partial charge in [0.1, 0.15) is 11.8 Å². The summed E-state index contributed by atoms with van der Waals surface area (Å²) in [7, 11) is 0. The van der Waals surface area contributed by atoms with Crippen LogP contribution in [-0.2, 0) is 4.79 Å². The minimum atomic E-state index is -0.0169. The number of rotatable bonds is 3. The molecule has 2 unspecified atom stereocenters. The van der Waals surface area contributed by atoms with Gasteiger partial charge >= 0.3 is 0 Å². The molecular weight excluding hydrogens is 272 g/mol. The van der Waals surface area contributed by atoms with E-state index in [4.69, 9.17) is 10.00 Å². The Morgan fingerprint density at radius 2 is 2.05 bits per heavy atom. The lowest BCUT2D eigenvalue weighted by molar-refractivity contribution is -0.133. The van der Waals surface area contributed by atoms with E-state index in [9.17, 15) is 4.79 Å². The first-order chi connectivity index (χ1) is 9.60. The Labute approximate surface area is 123 Å². The summed E-state index contributed by atoms with van der Waals surface area (Å²) in [6.45, 7) is 5.77. The average molecular weight is 290 g/mol. The standard InChI is InChI=1S/C15H18N2O2S/c1-11-8-17(9-12(2)20-11)15(18)10-19-14-6-4-3-5-13(14)7-16/h3-6,11-12H,8-10H2,1-2H3. The molecule has 2 atom stereocenters. The molecule has 0 saturated carbocycles. The molecule has 1 fully saturated rings. The highest BCUT2D eigenvalue weighted by atomic mass is 32.2. The van der Waals surface area contributed by atoms with Crippen LogP contribution < -0.4 is 4.74 Å². The molecular formula is C15H18N2O2S. The fourth-order valence-electron chi connectivity index (χ4n) is 2.30. The minimum absolute atomic E-state index is 0.0111. The highest BCUT2D eigenvalue weighted by molar-refractivity contribution is 8.00. The van der Waals surface area contributed by atoms with Gasteiger partial charge in [0.2, 0.25) is 0 Å². The summed E-state index contributed by atoms with van der Waals surface area (Å²) in [6.07, 6.45) is 0. The fourth-order valence-corrected chi connectivity index (χ4v) is 3.62. The molecule has 0 aliphatic carbocycles. The predicted molar refractivity (Wildman–Crippen MR) is 79.7 cm³/mol. The summed E-state index contributed by atoms with van der Waals surface area (Å²) < 4.78 is 5.49. The number of nitriles is 1. The van der Waals surface area contributed by atoms with E-state index in [-0.39, 0.29) is 12.5 Å². The first kappa shape index (κ1) is 14.7. The monoisotopic (exact) mass is 290 g/mol. The van der Waals surface area contributed by atoms with Crippen molar-refractivity contribution >= 4 is 17.7 Å². The van der Waals surface area contributed by atoms with Gasteiger partial charge in [-0.1, -0.05) is 26.0 Å². The van der Waals surface area contributed by atoms with Crippen molar-refractivity contribution in [2.75, 3.05) is 19.7 Å². The first-order valence-corrected chi connectivity index (χ1v) is 7.59. The smallest absolute Gasteiger partial charge is 0.260 e. The number of nitrogens with zero attached hydrogens (tertiary/aromatic N) is 2. The Morgan fingerprint density at radius 1 is 1.40 bits per heavy atom. The van der Waals surface area contributed by atoms with E-state index in [1.165, 1.54) is 0 Å². The molecule has 20 heavy (non-hydrogen) atoms. The highest BCUT2D eigenvalue weighted by Crippen LogP contribution is 2.25. The lowest BCUT2D eigenvalue weighted by Gasteiger charge is -2.34. The van der Waals surface area contributed by atoms with E-state index >= 15 is 0 Å². The van der Waals surface area contributed by atoms with Crippen LogP contribution in [0.3, 0.4) is 0 Å². The van der Waals surface area contributed by atoms with Gasteiger partial charge in [0, 0.05) is 23.6 Å². The molecule has 0 radical (unpaired) electrons. The van der Waals surface area contributed by atoms with E-state index in [2.05, 4.69) is 19.9 Å². The number of carbonyl (C=O) groups is 1. The second kappa shape index (κ2) is 6.67. The minimum Gasteiger partial charge on any atom is -0.482 e. The number of thioether (sulfide) groups is 1.